The van der Waals surface area contributed by atoms with Gasteiger partial charge in [0.15, 0.2) is 0 Å². The van der Waals surface area contributed by atoms with Crippen LogP contribution in [0, 0.1) is 0 Å². The van der Waals surface area contributed by atoms with E-state index in [1.807, 2.05) is 43.3 Å². The molecule has 1 unspecified atom stereocenters. The van der Waals surface area contributed by atoms with Gasteiger partial charge in [0.2, 0.25) is 0 Å². The number of hydrogen-bond donors (Lipinski definition) is 2. The summed E-state index contributed by atoms with van der Waals surface area (Å²) in [7, 11) is 0. The Morgan fingerprint density at radius 3 is 2.61 bits per heavy atom. The van der Waals surface area contributed by atoms with E-state index in [0.717, 1.165) is 15.7 Å². The Morgan fingerprint density at radius 1 is 1.22 bits per heavy atom. The van der Waals surface area contributed by atoms with E-state index in [4.69, 9.17) is 11.6 Å². The smallest absolute Gasteiger partial charge is 0.120 e. The number of aromatic hydroxyl groups is 1. The summed E-state index contributed by atoms with van der Waals surface area (Å²) in [5, 5.41) is 13.8. The lowest BCUT2D eigenvalue weighted by molar-refractivity contribution is 0.465. The van der Waals surface area contributed by atoms with Crippen LogP contribution in [0.4, 0.5) is 5.69 Å². The van der Waals surface area contributed by atoms with Crippen LogP contribution < -0.4 is 5.32 Å². The quantitative estimate of drug-likeness (QED) is 0.833. The van der Waals surface area contributed by atoms with E-state index in [2.05, 4.69) is 21.2 Å². The molecule has 94 valence electrons. The molecule has 0 heterocycles. The molecular formula is C14H13BrClNO. The molecule has 2 nitrogen and oxygen atoms in total. The molecule has 0 saturated carbocycles. The van der Waals surface area contributed by atoms with Crippen LogP contribution in [0.1, 0.15) is 18.5 Å². The summed E-state index contributed by atoms with van der Waals surface area (Å²) in [5.41, 5.74) is 1.80. The molecule has 0 amide bonds. The maximum absolute atomic E-state index is 9.80. The molecule has 0 spiro atoms. The van der Waals surface area contributed by atoms with Gasteiger partial charge in [-0.05, 0) is 47.1 Å². The monoisotopic (exact) mass is 325 g/mol. The molecule has 1 atom stereocenters. The van der Waals surface area contributed by atoms with E-state index in [0.29, 0.717) is 10.8 Å². The van der Waals surface area contributed by atoms with Gasteiger partial charge in [0, 0.05) is 20.7 Å². The second kappa shape index (κ2) is 5.63. The van der Waals surface area contributed by atoms with Crippen molar-refractivity contribution in [2.24, 2.45) is 0 Å². The number of para-hydroxylation sites is 1. The minimum atomic E-state index is 0.00340. The van der Waals surface area contributed by atoms with Crippen molar-refractivity contribution in [2.75, 3.05) is 5.32 Å². The summed E-state index contributed by atoms with van der Waals surface area (Å²) in [4.78, 5) is 0. The molecule has 0 aliphatic heterocycles. The Labute approximate surface area is 120 Å². The second-order valence-corrected chi connectivity index (χ2v) is 5.34. The van der Waals surface area contributed by atoms with Crippen LogP contribution >= 0.6 is 27.5 Å². The van der Waals surface area contributed by atoms with Crippen molar-refractivity contribution < 1.29 is 5.11 Å². The molecule has 0 aromatic heterocycles. The largest absolute Gasteiger partial charge is 0.508 e. The van der Waals surface area contributed by atoms with Gasteiger partial charge >= 0.3 is 0 Å². The van der Waals surface area contributed by atoms with Crippen LogP contribution in [0.3, 0.4) is 0 Å². The van der Waals surface area contributed by atoms with Crippen LogP contribution in [-0.2, 0) is 0 Å². The maximum atomic E-state index is 9.80. The Bertz CT molecular complexity index is 559. The van der Waals surface area contributed by atoms with Gasteiger partial charge in [0.1, 0.15) is 5.75 Å². The lowest BCUT2D eigenvalue weighted by Crippen LogP contribution is -2.07. The molecule has 4 heteroatoms. The number of hydrogen-bond acceptors (Lipinski definition) is 2. The molecule has 2 N–H and O–H groups in total. The maximum Gasteiger partial charge on any atom is 0.120 e. The van der Waals surface area contributed by atoms with E-state index < -0.39 is 0 Å². The van der Waals surface area contributed by atoms with E-state index in [-0.39, 0.29) is 6.04 Å². The van der Waals surface area contributed by atoms with Crippen molar-refractivity contribution in [3.8, 4) is 5.75 Å². The molecule has 0 radical (unpaired) electrons. The molecular weight excluding hydrogens is 314 g/mol. The first kappa shape index (κ1) is 13.2. The predicted octanol–water partition coefficient (Wildman–Crippen LogP) is 4.98. The summed E-state index contributed by atoms with van der Waals surface area (Å²) >= 11 is 9.36. The first-order valence-electron chi connectivity index (χ1n) is 5.57. The molecule has 0 saturated heterocycles. The van der Waals surface area contributed by atoms with Crippen LogP contribution in [0.15, 0.2) is 46.9 Å². The molecule has 2 aromatic rings. The normalized spacial score (nSPS) is 12.2. The number of rotatable bonds is 3. The minimum Gasteiger partial charge on any atom is -0.508 e. The van der Waals surface area contributed by atoms with Crippen molar-refractivity contribution in [3.05, 3.63) is 57.5 Å². The molecule has 0 fully saturated rings. The lowest BCUT2D eigenvalue weighted by atomic mass is 10.1. The number of nitrogens with one attached hydrogen (secondary N) is 1. The van der Waals surface area contributed by atoms with Crippen molar-refractivity contribution in [1.29, 1.82) is 0 Å². The van der Waals surface area contributed by atoms with Gasteiger partial charge in [0.25, 0.3) is 0 Å². The predicted molar refractivity (Wildman–Crippen MR) is 79.3 cm³/mol. The molecule has 0 bridgehead atoms. The van der Waals surface area contributed by atoms with Gasteiger partial charge in [-0.1, -0.05) is 29.8 Å². The second-order valence-electron chi connectivity index (χ2n) is 4.05. The van der Waals surface area contributed by atoms with Gasteiger partial charge in [-0.15, -0.1) is 0 Å². The Kier molecular flexibility index (Phi) is 4.15. The number of halogens is 2. The highest BCUT2D eigenvalue weighted by molar-refractivity contribution is 9.10. The third-order valence-electron chi connectivity index (χ3n) is 2.71. The van der Waals surface area contributed by atoms with Crippen molar-refractivity contribution in [2.45, 2.75) is 13.0 Å². The van der Waals surface area contributed by atoms with Crippen molar-refractivity contribution in [1.82, 2.24) is 0 Å². The SMILES string of the molecule is CC(Nc1ccc(Cl)cc1Br)c1ccccc1O. The van der Waals surface area contributed by atoms with Crippen LogP contribution in [0.2, 0.25) is 5.02 Å². The molecule has 18 heavy (non-hydrogen) atoms. The highest BCUT2D eigenvalue weighted by Gasteiger charge is 2.10. The molecule has 2 rings (SSSR count). The van der Waals surface area contributed by atoms with Crippen LogP contribution in [-0.4, -0.2) is 5.11 Å². The summed E-state index contributed by atoms with van der Waals surface area (Å²) in [6.45, 7) is 2.00. The van der Waals surface area contributed by atoms with Crippen LogP contribution in [0.25, 0.3) is 0 Å². The summed E-state index contributed by atoms with van der Waals surface area (Å²) in [5.74, 6) is 0.294. The fourth-order valence-corrected chi connectivity index (χ4v) is 2.57. The van der Waals surface area contributed by atoms with Crippen molar-refractivity contribution >= 4 is 33.2 Å². The zero-order chi connectivity index (χ0) is 13.1. The number of anilines is 1. The van der Waals surface area contributed by atoms with Gasteiger partial charge in [-0.2, -0.15) is 0 Å². The molecule has 0 aliphatic rings. The number of phenols is 1. The minimum absolute atomic E-state index is 0.00340. The zero-order valence-electron chi connectivity index (χ0n) is 9.82. The molecule has 0 aliphatic carbocycles. The number of benzene rings is 2. The average Bonchev–Trinajstić information content (AvgIpc) is 2.33. The summed E-state index contributed by atoms with van der Waals surface area (Å²) < 4.78 is 0.900. The third kappa shape index (κ3) is 2.98. The Balaban J connectivity index is 2.21. The van der Waals surface area contributed by atoms with E-state index in [9.17, 15) is 5.11 Å². The summed E-state index contributed by atoms with van der Waals surface area (Å²) in [6.07, 6.45) is 0. The highest BCUT2D eigenvalue weighted by atomic mass is 79.9. The Hall–Kier alpha value is -1.19. The van der Waals surface area contributed by atoms with E-state index >= 15 is 0 Å². The highest BCUT2D eigenvalue weighted by Crippen LogP contribution is 2.31. The first-order chi connectivity index (χ1) is 8.58. The number of phenolic OH excluding ortho intramolecular Hbond substituents is 1. The van der Waals surface area contributed by atoms with Crippen molar-refractivity contribution in [3.63, 3.8) is 0 Å². The topological polar surface area (TPSA) is 32.3 Å². The van der Waals surface area contributed by atoms with Crippen LogP contribution in [0.5, 0.6) is 5.75 Å². The molecule has 2 aromatic carbocycles. The fourth-order valence-electron chi connectivity index (χ4n) is 1.77. The van der Waals surface area contributed by atoms with E-state index in [1.54, 1.807) is 6.07 Å². The average molecular weight is 327 g/mol. The Morgan fingerprint density at radius 2 is 1.94 bits per heavy atom. The first-order valence-corrected chi connectivity index (χ1v) is 6.74. The van der Waals surface area contributed by atoms with E-state index in [1.165, 1.54) is 0 Å². The van der Waals surface area contributed by atoms with Gasteiger partial charge in [-0.3, -0.25) is 0 Å². The van der Waals surface area contributed by atoms with Gasteiger partial charge in [0.05, 0.1) is 6.04 Å². The lowest BCUT2D eigenvalue weighted by Gasteiger charge is -2.18. The third-order valence-corrected chi connectivity index (χ3v) is 3.60. The van der Waals surface area contributed by atoms with Gasteiger partial charge < -0.3 is 10.4 Å². The van der Waals surface area contributed by atoms with Gasteiger partial charge in [-0.25, -0.2) is 0 Å². The fraction of sp³-hybridized carbons (Fsp3) is 0.143. The zero-order valence-corrected chi connectivity index (χ0v) is 12.2. The standard InChI is InChI=1S/C14H13BrClNO/c1-9(11-4-2-3-5-14(11)18)17-13-7-6-10(16)8-12(13)15/h2-9,17-18H,1H3. The summed E-state index contributed by atoms with van der Waals surface area (Å²) in [6, 6.07) is 12.9.